The third-order valence-corrected chi connectivity index (χ3v) is 7.30. The van der Waals surface area contributed by atoms with Gasteiger partial charge in [0, 0.05) is 16.6 Å². The van der Waals surface area contributed by atoms with Crippen molar-refractivity contribution in [1.82, 2.24) is 9.97 Å². The number of Topliss-reactive ketones (excluding diaryl/α,β-unsaturated/α-hetero) is 1. The van der Waals surface area contributed by atoms with Crippen molar-refractivity contribution in [1.29, 1.82) is 0 Å². The highest BCUT2D eigenvalue weighted by Gasteiger charge is 2.26. The number of sulfonamides is 1. The lowest BCUT2D eigenvalue weighted by Crippen LogP contribution is -2.27. The largest absolute Gasteiger partial charge is 0.333 e. The molecule has 0 unspecified atom stereocenters. The van der Waals surface area contributed by atoms with E-state index in [0.29, 0.717) is 29.4 Å². The van der Waals surface area contributed by atoms with Crippen molar-refractivity contribution < 1.29 is 13.2 Å². The van der Waals surface area contributed by atoms with Gasteiger partial charge in [0.05, 0.1) is 29.6 Å². The van der Waals surface area contributed by atoms with Crippen LogP contribution in [0, 0.1) is 0 Å². The number of aromatic nitrogens is 2. The Labute approximate surface area is 181 Å². The predicted octanol–water partition coefficient (Wildman–Crippen LogP) is 4.14. The first kappa shape index (κ1) is 20.2. The summed E-state index contributed by atoms with van der Waals surface area (Å²) in [6.45, 7) is 0.422. The molecule has 1 N–H and O–H groups in total. The number of hydrogen-bond donors (Lipinski definition) is 1. The summed E-state index contributed by atoms with van der Waals surface area (Å²) in [4.78, 5) is 20.2. The second-order valence-corrected chi connectivity index (χ2v) is 10.5. The summed E-state index contributed by atoms with van der Waals surface area (Å²) in [7, 11) is -3.29. The Morgan fingerprint density at radius 3 is 2.72 bits per heavy atom. The van der Waals surface area contributed by atoms with Crippen molar-refractivity contribution >= 4 is 49.2 Å². The molecule has 1 aliphatic rings. The van der Waals surface area contributed by atoms with Gasteiger partial charge in [-0.15, -0.1) is 0 Å². The van der Waals surface area contributed by atoms with E-state index in [2.05, 4.69) is 25.9 Å². The molecule has 0 saturated heterocycles. The van der Waals surface area contributed by atoms with Crippen LogP contribution in [-0.4, -0.2) is 42.7 Å². The van der Waals surface area contributed by atoms with Gasteiger partial charge in [-0.05, 0) is 47.9 Å². The van der Waals surface area contributed by atoms with Gasteiger partial charge in [0.2, 0.25) is 10.0 Å². The molecule has 0 radical (unpaired) electrons. The molecule has 0 amide bonds. The van der Waals surface area contributed by atoms with Crippen molar-refractivity contribution in [3.8, 4) is 11.3 Å². The molecule has 29 heavy (non-hydrogen) atoms. The number of nitrogens with zero attached hydrogens (tertiary/aromatic N) is 2. The van der Waals surface area contributed by atoms with Crippen molar-refractivity contribution in [3.63, 3.8) is 0 Å². The summed E-state index contributed by atoms with van der Waals surface area (Å²) >= 11 is 4.77. The van der Waals surface area contributed by atoms with Gasteiger partial charge in [0.1, 0.15) is 0 Å². The second-order valence-electron chi connectivity index (χ2n) is 6.75. The van der Waals surface area contributed by atoms with E-state index < -0.39 is 10.0 Å². The van der Waals surface area contributed by atoms with Gasteiger partial charge < -0.3 is 4.98 Å². The van der Waals surface area contributed by atoms with Gasteiger partial charge >= 0.3 is 0 Å². The molecule has 0 saturated carbocycles. The third-order valence-electron chi connectivity index (χ3n) is 4.70. The Morgan fingerprint density at radius 1 is 1.24 bits per heavy atom. The zero-order chi connectivity index (χ0) is 20.6. The topological polar surface area (TPSA) is 83.1 Å². The average Bonchev–Trinajstić information content (AvgIpc) is 3.33. The molecule has 0 bridgehead atoms. The standard InChI is InChI=1S/C20H18BrN3O3S2/c1-29(26,27)24-9-8-14-10-15(4-7-18(14)24)19(25)12-28-20-22-11-17(23-20)13-2-5-16(21)6-3-13/h2-7,10-11H,8-9,12H2,1H3,(H,22,23). The van der Waals surface area contributed by atoms with Crippen molar-refractivity contribution in [2.24, 2.45) is 0 Å². The zero-order valence-electron chi connectivity index (χ0n) is 15.6. The van der Waals surface area contributed by atoms with Crippen LogP contribution >= 0.6 is 27.7 Å². The van der Waals surface area contributed by atoms with E-state index in [1.165, 1.54) is 22.3 Å². The molecule has 1 aliphatic heterocycles. The number of benzene rings is 2. The van der Waals surface area contributed by atoms with Crippen LogP contribution in [0.15, 0.2) is 58.3 Å². The average molecular weight is 492 g/mol. The maximum atomic E-state index is 12.6. The minimum Gasteiger partial charge on any atom is -0.333 e. The number of aromatic amines is 1. The molecule has 9 heteroatoms. The zero-order valence-corrected chi connectivity index (χ0v) is 18.8. The van der Waals surface area contributed by atoms with E-state index in [4.69, 9.17) is 0 Å². The van der Waals surface area contributed by atoms with E-state index in [-0.39, 0.29) is 11.5 Å². The Hall–Kier alpha value is -2.10. The SMILES string of the molecule is CS(=O)(=O)N1CCc2cc(C(=O)CSc3ncc(-c4ccc(Br)cc4)[nH]3)ccc21. The fraction of sp³-hybridized carbons (Fsp3) is 0.200. The summed E-state index contributed by atoms with van der Waals surface area (Å²) in [5.74, 6) is 0.235. The van der Waals surface area contributed by atoms with E-state index in [1.54, 1.807) is 24.4 Å². The Kier molecular flexibility index (Phi) is 5.54. The van der Waals surface area contributed by atoms with Gasteiger partial charge in [0.15, 0.2) is 10.9 Å². The highest BCUT2D eigenvalue weighted by molar-refractivity contribution is 9.10. The smallest absolute Gasteiger partial charge is 0.232 e. The van der Waals surface area contributed by atoms with Gasteiger partial charge in [-0.1, -0.05) is 39.8 Å². The first-order valence-corrected chi connectivity index (χ1v) is 12.5. The molecule has 0 spiro atoms. The number of ketones is 1. The fourth-order valence-corrected chi connectivity index (χ4v) is 5.23. The number of H-pyrrole nitrogens is 1. The summed E-state index contributed by atoms with van der Waals surface area (Å²) < 4.78 is 26.1. The number of halogens is 1. The number of hydrogen-bond acceptors (Lipinski definition) is 5. The molecule has 0 atom stereocenters. The molecule has 0 fully saturated rings. The normalized spacial score (nSPS) is 13.5. The summed E-state index contributed by atoms with van der Waals surface area (Å²) in [5, 5.41) is 0.681. The maximum Gasteiger partial charge on any atom is 0.232 e. The molecule has 2 heterocycles. The van der Waals surface area contributed by atoms with Crippen LogP contribution in [0.3, 0.4) is 0 Å². The molecule has 150 valence electrons. The number of rotatable bonds is 6. The highest BCUT2D eigenvalue weighted by atomic mass is 79.9. The summed E-state index contributed by atoms with van der Waals surface area (Å²) in [5.41, 5.74) is 4.06. The molecule has 2 aromatic carbocycles. The number of thioether (sulfide) groups is 1. The van der Waals surface area contributed by atoms with Crippen LogP contribution in [0.4, 0.5) is 5.69 Å². The molecule has 4 rings (SSSR count). The maximum absolute atomic E-state index is 12.6. The first-order valence-electron chi connectivity index (χ1n) is 8.89. The van der Waals surface area contributed by atoms with Crippen molar-refractivity contribution in [2.45, 2.75) is 11.6 Å². The van der Waals surface area contributed by atoms with Crippen LogP contribution in [-0.2, 0) is 16.4 Å². The third kappa shape index (κ3) is 4.41. The second kappa shape index (κ2) is 7.97. The monoisotopic (exact) mass is 491 g/mol. The molecule has 3 aromatic rings. The Balaban J connectivity index is 1.43. The van der Waals surface area contributed by atoms with Crippen LogP contribution in [0.5, 0.6) is 0 Å². The lowest BCUT2D eigenvalue weighted by Gasteiger charge is -2.16. The minimum absolute atomic E-state index is 0.0165. The predicted molar refractivity (Wildman–Crippen MR) is 119 cm³/mol. The summed E-state index contributed by atoms with van der Waals surface area (Å²) in [6.07, 6.45) is 3.57. The van der Waals surface area contributed by atoms with Crippen LogP contribution in [0.2, 0.25) is 0 Å². The lowest BCUT2D eigenvalue weighted by atomic mass is 10.1. The number of fused-ring (bicyclic) bond motifs is 1. The van der Waals surface area contributed by atoms with Gasteiger partial charge in [-0.25, -0.2) is 13.4 Å². The van der Waals surface area contributed by atoms with Crippen molar-refractivity contribution in [2.75, 3.05) is 22.9 Å². The van der Waals surface area contributed by atoms with E-state index >= 15 is 0 Å². The Morgan fingerprint density at radius 2 is 2.00 bits per heavy atom. The van der Waals surface area contributed by atoms with Crippen molar-refractivity contribution in [3.05, 3.63) is 64.3 Å². The summed E-state index contributed by atoms with van der Waals surface area (Å²) in [6, 6.07) is 13.1. The highest BCUT2D eigenvalue weighted by Crippen LogP contribution is 2.31. The van der Waals surface area contributed by atoms with E-state index in [1.807, 2.05) is 24.3 Å². The number of carbonyl (C=O) groups is 1. The van der Waals surface area contributed by atoms with Gasteiger partial charge in [-0.3, -0.25) is 9.10 Å². The lowest BCUT2D eigenvalue weighted by molar-refractivity contribution is 0.102. The van der Waals surface area contributed by atoms with Crippen LogP contribution < -0.4 is 4.31 Å². The van der Waals surface area contributed by atoms with Crippen LogP contribution in [0.1, 0.15) is 15.9 Å². The first-order chi connectivity index (χ1) is 13.8. The molecular formula is C20H18BrN3O3S2. The minimum atomic E-state index is -3.29. The fourth-order valence-electron chi connectivity index (χ4n) is 3.26. The number of imidazole rings is 1. The molecule has 6 nitrogen and oxygen atoms in total. The van der Waals surface area contributed by atoms with E-state index in [0.717, 1.165) is 21.3 Å². The van der Waals surface area contributed by atoms with Crippen LogP contribution in [0.25, 0.3) is 11.3 Å². The number of anilines is 1. The van der Waals surface area contributed by atoms with Gasteiger partial charge in [0.25, 0.3) is 0 Å². The molecule has 1 aromatic heterocycles. The van der Waals surface area contributed by atoms with Gasteiger partial charge in [-0.2, -0.15) is 0 Å². The number of carbonyl (C=O) groups excluding carboxylic acids is 1. The molecular weight excluding hydrogens is 474 g/mol. The Bertz CT molecular complexity index is 1170. The van der Waals surface area contributed by atoms with E-state index in [9.17, 15) is 13.2 Å². The quantitative estimate of drug-likeness (QED) is 0.413. The molecule has 0 aliphatic carbocycles. The number of nitrogens with one attached hydrogen (secondary N) is 1.